The lowest BCUT2D eigenvalue weighted by Gasteiger charge is -2.39. The molecule has 3 fully saturated rings. The third-order valence-electron chi connectivity index (χ3n) is 9.73. The molecule has 0 saturated carbocycles. The van der Waals surface area contributed by atoms with Gasteiger partial charge in [0.25, 0.3) is 11.8 Å². The van der Waals surface area contributed by atoms with Crippen LogP contribution in [0.25, 0.3) is 10.1 Å². The average Bonchev–Trinajstić information content (AvgIpc) is 3.73. The summed E-state index contributed by atoms with van der Waals surface area (Å²) in [6.45, 7) is 5.98. The molecule has 1 N–H and O–H groups in total. The van der Waals surface area contributed by atoms with E-state index < -0.39 is 23.9 Å². The predicted molar refractivity (Wildman–Crippen MR) is 168 cm³/mol. The highest BCUT2D eigenvalue weighted by Crippen LogP contribution is 2.37. The highest BCUT2D eigenvalue weighted by Gasteiger charge is 2.48. The normalized spacial score (nSPS) is 25.7. The van der Waals surface area contributed by atoms with Gasteiger partial charge in [0.05, 0.1) is 4.88 Å². The number of halogens is 2. The van der Waals surface area contributed by atoms with Crippen molar-refractivity contribution in [1.29, 1.82) is 0 Å². The molecule has 3 aliphatic heterocycles. The molecule has 1 aromatic heterocycles. The zero-order valence-corrected chi connectivity index (χ0v) is 26.5. The summed E-state index contributed by atoms with van der Waals surface area (Å²) in [5.41, 5.74) is 0.857. The summed E-state index contributed by atoms with van der Waals surface area (Å²) in [4.78, 5) is 59.6. The maximum atomic E-state index is 14.2. The number of carbonyl (C=O) groups excluding carboxylic acids is 4. The minimum absolute atomic E-state index is 0.0169. The average molecular weight is 637 g/mol. The molecule has 3 aromatic rings. The first-order valence-electron chi connectivity index (χ1n) is 15.5. The van der Waals surface area contributed by atoms with E-state index in [9.17, 15) is 28.0 Å². The van der Waals surface area contributed by atoms with Crippen molar-refractivity contribution in [2.45, 2.75) is 75.9 Å². The maximum absolute atomic E-state index is 14.2. The van der Waals surface area contributed by atoms with Crippen molar-refractivity contribution < 1.29 is 28.0 Å². The number of amides is 4. The van der Waals surface area contributed by atoms with Crippen LogP contribution in [0.2, 0.25) is 0 Å². The summed E-state index contributed by atoms with van der Waals surface area (Å²) < 4.78 is 28.5. The SMILES string of the molecule is CC(=O)N1CC[C@H]2CC[C@@H](C(=O)N3CCC(C)(c4ccccc4)C3)N2C(=O)[C@@H](NC(=O)c2cc3cc(C(C)(F)F)ccc3s2)C1. The molecular formula is C34H38F2N4O4S. The van der Waals surface area contributed by atoms with Gasteiger partial charge in [-0.1, -0.05) is 43.3 Å². The molecule has 238 valence electrons. The second kappa shape index (κ2) is 11.8. The topological polar surface area (TPSA) is 90.0 Å². The Morgan fingerprint density at radius 2 is 1.76 bits per heavy atom. The standard InChI is InChI=1S/C34H38F2N4O4S/c1-21(41)38-15-13-25-10-11-27(32(44)39-16-14-33(2,20-39)23-7-5-4-6-8-23)40(25)31(43)26(19-38)37-30(42)29-18-22-17-24(34(3,35)36)9-12-28(22)45-29/h4-9,12,17-18,25-27H,10-11,13-16,19-20H2,1-3H3,(H,37,42)/t25-,26+,27+,33?/m1/s1. The first kappa shape index (κ1) is 31.1. The Bertz CT molecular complexity index is 1640. The number of hydrogen-bond acceptors (Lipinski definition) is 5. The summed E-state index contributed by atoms with van der Waals surface area (Å²) in [6, 6.07) is 14.1. The van der Waals surface area contributed by atoms with Crippen LogP contribution in [0.5, 0.6) is 0 Å². The van der Waals surface area contributed by atoms with Gasteiger partial charge in [-0.15, -0.1) is 11.3 Å². The van der Waals surface area contributed by atoms with E-state index in [0.717, 1.165) is 24.7 Å². The van der Waals surface area contributed by atoms with Crippen LogP contribution in [0.15, 0.2) is 54.6 Å². The fourth-order valence-corrected chi connectivity index (χ4v) is 8.05. The number of hydrogen-bond donors (Lipinski definition) is 1. The molecule has 6 rings (SSSR count). The molecule has 0 bridgehead atoms. The molecule has 11 heteroatoms. The second-order valence-electron chi connectivity index (χ2n) is 13.0. The van der Waals surface area contributed by atoms with E-state index in [4.69, 9.17) is 0 Å². The second-order valence-corrected chi connectivity index (χ2v) is 14.0. The van der Waals surface area contributed by atoms with Crippen LogP contribution >= 0.6 is 11.3 Å². The Labute approximate surface area is 265 Å². The van der Waals surface area contributed by atoms with Crippen molar-refractivity contribution in [1.82, 2.24) is 20.0 Å². The van der Waals surface area contributed by atoms with Gasteiger partial charge in [-0.25, -0.2) is 8.78 Å². The van der Waals surface area contributed by atoms with Crippen LogP contribution in [-0.4, -0.2) is 82.6 Å². The minimum atomic E-state index is -3.02. The number of carbonyl (C=O) groups is 4. The van der Waals surface area contributed by atoms with Gasteiger partial charge in [-0.2, -0.15) is 0 Å². The zero-order chi connectivity index (χ0) is 32.1. The molecule has 45 heavy (non-hydrogen) atoms. The number of likely N-dealkylation sites (tertiary alicyclic amines) is 1. The van der Waals surface area contributed by atoms with Gasteiger partial charge in [0.2, 0.25) is 17.7 Å². The van der Waals surface area contributed by atoms with Crippen LogP contribution in [0, 0.1) is 0 Å². The van der Waals surface area contributed by atoms with Gasteiger partial charge in [-0.3, -0.25) is 19.2 Å². The Balaban J connectivity index is 1.23. The molecule has 0 aliphatic carbocycles. The van der Waals surface area contributed by atoms with E-state index in [1.807, 2.05) is 23.1 Å². The Morgan fingerprint density at radius 1 is 1.00 bits per heavy atom. The quantitative estimate of drug-likeness (QED) is 0.431. The van der Waals surface area contributed by atoms with Crippen LogP contribution in [0.1, 0.15) is 67.3 Å². The highest BCUT2D eigenvalue weighted by molar-refractivity contribution is 7.20. The van der Waals surface area contributed by atoms with E-state index in [2.05, 4.69) is 24.4 Å². The highest BCUT2D eigenvalue weighted by atomic mass is 32.1. The third kappa shape index (κ3) is 6.06. The monoisotopic (exact) mass is 636 g/mol. The number of thiophene rings is 1. The molecule has 8 nitrogen and oxygen atoms in total. The molecule has 0 spiro atoms. The van der Waals surface area contributed by atoms with E-state index >= 15 is 0 Å². The van der Waals surface area contributed by atoms with Crippen molar-refractivity contribution in [3.63, 3.8) is 0 Å². The predicted octanol–water partition coefficient (Wildman–Crippen LogP) is 4.91. The van der Waals surface area contributed by atoms with Gasteiger partial charge in [0.15, 0.2) is 0 Å². The molecule has 1 unspecified atom stereocenters. The zero-order valence-electron chi connectivity index (χ0n) is 25.7. The first-order valence-corrected chi connectivity index (χ1v) is 16.3. The molecule has 0 radical (unpaired) electrons. The number of benzene rings is 2. The van der Waals surface area contributed by atoms with Crippen LogP contribution in [0.3, 0.4) is 0 Å². The molecule has 4 heterocycles. The van der Waals surface area contributed by atoms with E-state index in [1.54, 1.807) is 21.9 Å². The van der Waals surface area contributed by atoms with Gasteiger partial charge in [-0.05, 0) is 54.8 Å². The number of rotatable bonds is 5. The summed E-state index contributed by atoms with van der Waals surface area (Å²) >= 11 is 1.15. The summed E-state index contributed by atoms with van der Waals surface area (Å²) in [5, 5.41) is 3.34. The maximum Gasteiger partial charge on any atom is 0.270 e. The Hall–Kier alpha value is -3.86. The lowest BCUT2D eigenvalue weighted by atomic mass is 9.82. The number of fused-ring (bicyclic) bond motifs is 2. The molecule has 3 aliphatic rings. The van der Waals surface area contributed by atoms with Gasteiger partial charge in [0.1, 0.15) is 12.1 Å². The first-order chi connectivity index (χ1) is 21.3. The largest absolute Gasteiger partial charge is 0.340 e. The molecule has 4 atom stereocenters. The van der Waals surface area contributed by atoms with Crippen LogP contribution in [-0.2, 0) is 25.7 Å². The van der Waals surface area contributed by atoms with Gasteiger partial charge < -0.3 is 20.0 Å². The fourth-order valence-electron chi connectivity index (χ4n) is 7.10. The van der Waals surface area contributed by atoms with Crippen molar-refractivity contribution in [3.05, 3.63) is 70.6 Å². The third-order valence-corrected chi connectivity index (χ3v) is 10.8. The van der Waals surface area contributed by atoms with Crippen molar-refractivity contribution >= 4 is 45.1 Å². The lowest BCUT2D eigenvalue weighted by molar-refractivity contribution is -0.148. The Morgan fingerprint density at radius 3 is 2.47 bits per heavy atom. The summed E-state index contributed by atoms with van der Waals surface area (Å²) in [6.07, 6.45) is 2.54. The number of nitrogens with zero attached hydrogens (tertiary/aromatic N) is 3. The molecule has 3 saturated heterocycles. The summed E-state index contributed by atoms with van der Waals surface area (Å²) in [7, 11) is 0. The summed E-state index contributed by atoms with van der Waals surface area (Å²) in [5.74, 6) is -4.20. The van der Waals surface area contributed by atoms with E-state index in [-0.39, 0.29) is 46.2 Å². The van der Waals surface area contributed by atoms with E-state index in [0.29, 0.717) is 49.0 Å². The van der Waals surface area contributed by atoms with E-state index in [1.165, 1.54) is 24.6 Å². The van der Waals surface area contributed by atoms with Crippen LogP contribution in [0.4, 0.5) is 8.78 Å². The lowest BCUT2D eigenvalue weighted by Crippen LogP contribution is -2.61. The molecule has 4 amide bonds. The fraction of sp³-hybridized carbons (Fsp3) is 0.471. The molecule has 2 aromatic carbocycles. The number of nitrogens with one attached hydrogen (secondary N) is 1. The van der Waals surface area contributed by atoms with Gasteiger partial charge >= 0.3 is 0 Å². The smallest absolute Gasteiger partial charge is 0.270 e. The van der Waals surface area contributed by atoms with Crippen molar-refractivity contribution in [2.75, 3.05) is 26.2 Å². The molecular weight excluding hydrogens is 598 g/mol. The van der Waals surface area contributed by atoms with Gasteiger partial charge in [0, 0.05) is 61.7 Å². The van der Waals surface area contributed by atoms with Crippen molar-refractivity contribution in [3.8, 4) is 0 Å². The van der Waals surface area contributed by atoms with Crippen molar-refractivity contribution in [2.24, 2.45) is 0 Å². The Kier molecular flexibility index (Phi) is 8.18. The van der Waals surface area contributed by atoms with Crippen LogP contribution < -0.4 is 5.32 Å². The number of alkyl halides is 2. The minimum Gasteiger partial charge on any atom is -0.340 e.